The number of methoxy groups -OCH3 is 2. The van der Waals surface area contributed by atoms with Crippen molar-refractivity contribution in [1.29, 1.82) is 0 Å². The van der Waals surface area contributed by atoms with Crippen LogP contribution >= 0.6 is 0 Å². The third kappa shape index (κ3) is 7.01. The average Bonchev–Trinajstić information content (AvgIpc) is 3.89. The predicted molar refractivity (Wildman–Crippen MR) is 182 cm³/mol. The SMILES string of the molecule is COc1ccc(CN(Cc2ccc(OC)cc2)c2nc(-c3cnccc3C)cc3cc(NC(=O)C4CC4C(=O)N(C)C)ncc23)cc1. The lowest BCUT2D eigenvalue weighted by atomic mass is 10.0. The van der Waals surface area contributed by atoms with Crippen molar-refractivity contribution < 1.29 is 19.1 Å². The van der Waals surface area contributed by atoms with Gasteiger partial charge in [0, 0.05) is 56.7 Å². The Morgan fingerprint density at radius 1 is 0.872 bits per heavy atom. The first-order valence-electron chi connectivity index (χ1n) is 15.5. The third-order valence-corrected chi connectivity index (χ3v) is 8.51. The summed E-state index contributed by atoms with van der Waals surface area (Å²) in [5.74, 6) is 1.88. The van der Waals surface area contributed by atoms with Crippen LogP contribution in [-0.2, 0) is 22.7 Å². The molecule has 2 unspecified atom stereocenters. The van der Waals surface area contributed by atoms with Crippen LogP contribution in [0.4, 0.5) is 11.6 Å². The van der Waals surface area contributed by atoms with Gasteiger partial charge < -0.3 is 24.6 Å². The molecule has 10 heteroatoms. The zero-order valence-corrected chi connectivity index (χ0v) is 27.2. The van der Waals surface area contributed by atoms with E-state index in [-0.39, 0.29) is 23.7 Å². The Kier molecular flexibility index (Phi) is 9.01. The first-order valence-corrected chi connectivity index (χ1v) is 15.5. The molecule has 10 nitrogen and oxygen atoms in total. The van der Waals surface area contributed by atoms with Gasteiger partial charge in [0.15, 0.2) is 0 Å². The highest BCUT2D eigenvalue weighted by Gasteiger charge is 2.48. The Morgan fingerprint density at radius 2 is 1.51 bits per heavy atom. The summed E-state index contributed by atoms with van der Waals surface area (Å²) in [6, 6.07) is 21.9. The van der Waals surface area contributed by atoms with E-state index in [1.165, 1.54) is 4.90 Å². The van der Waals surface area contributed by atoms with E-state index in [2.05, 4.69) is 44.5 Å². The molecule has 2 aromatic carbocycles. The van der Waals surface area contributed by atoms with Crippen molar-refractivity contribution in [1.82, 2.24) is 19.9 Å². The molecular weight excluding hydrogens is 592 g/mol. The van der Waals surface area contributed by atoms with Gasteiger partial charge in [-0.25, -0.2) is 9.97 Å². The van der Waals surface area contributed by atoms with Gasteiger partial charge in [-0.1, -0.05) is 24.3 Å². The lowest BCUT2D eigenvalue weighted by molar-refractivity contribution is -0.131. The zero-order chi connectivity index (χ0) is 33.1. The van der Waals surface area contributed by atoms with E-state index in [0.29, 0.717) is 25.3 Å². The van der Waals surface area contributed by atoms with Gasteiger partial charge in [-0.2, -0.15) is 0 Å². The van der Waals surface area contributed by atoms with Crippen LogP contribution in [0.5, 0.6) is 11.5 Å². The van der Waals surface area contributed by atoms with E-state index < -0.39 is 0 Å². The third-order valence-electron chi connectivity index (χ3n) is 8.51. The Hall–Kier alpha value is -5.51. The van der Waals surface area contributed by atoms with Crippen molar-refractivity contribution in [3.8, 4) is 22.8 Å². The second kappa shape index (κ2) is 13.5. The molecule has 47 heavy (non-hydrogen) atoms. The molecule has 0 saturated heterocycles. The smallest absolute Gasteiger partial charge is 0.229 e. The molecule has 1 N–H and O–H groups in total. The fourth-order valence-electron chi connectivity index (χ4n) is 5.73. The predicted octanol–water partition coefficient (Wildman–Crippen LogP) is 5.89. The standard InChI is InChI=1S/C37H38N6O4/c1-23-14-15-38-19-31(23)33-16-26-17-34(41-36(44)29-18-30(29)37(45)42(2)3)39-20-32(26)35(40-33)43(21-24-6-10-27(46-4)11-7-24)22-25-8-12-28(47-5)13-9-25/h6-17,19-20,29-30H,18,21-22H2,1-5H3,(H,39,41,44). The average molecular weight is 631 g/mol. The van der Waals surface area contributed by atoms with E-state index in [1.54, 1.807) is 40.7 Å². The van der Waals surface area contributed by atoms with Crippen molar-refractivity contribution >= 4 is 34.2 Å². The number of nitrogens with zero attached hydrogens (tertiary/aromatic N) is 5. The summed E-state index contributed by atoms with van der Waals surface area (Å²) >= 11 is 0. The maximum absolute atomic E-state index is 13.1. The quantitative estimate of drug-likeness (QED) is 0.193. The number of nitrogens with one attached hydrogen (secondary N) is 1. The van der Waals surface area contributed by atoms with Crippen LogP contribution in [0.2, 0.25) is 0 Å². The highest BCUT2D eigenvalue weighted by molar-refractivity contribution is 6.01. The van der Waals surface area contributed by atoms with E-state index in [0.717, 1.165) is 56.0 Å². The number of aryl methyl sites for hydroxylation is 1. The number of anilines is 2. The van der Waals surface area contributed by atoms with Gasteiger partial charge in [-0.3, -0.25) is 14.6 Å². The monoisotopic (exact) mass is 630 g/mol. The molecule has 240 valence electrons. The Morgan fingerprint density at radius 3 is 2.09 bits per heavy atom. The minimum Gasteiger partial charge on any atom is -0.497 e. The number of hydrogen-bond donors (Lipinski definition) is 1. The Bertz CT molecular complexity index is 1860. The van der Waals surface area contributed by atoms with Gasteiger partial charge in [0.25, 0.3) is 0 Å². The number of carbonyl (C=O) groups is 2. The van der Waals surface area contributed by atoms with Crippen LogP contribution in [0.1, 0.15) is 23.1 Å². The number of ether oxygens (including phenoxy) is 2. The normalized spacial score (nSPS) is 15.2. The number of benzene rings is 2. The molecule has 1 aliphatic rings. The fraction of sp³-hybridized carbons (Fsp3) is 0.270. The summed E-state index contributed by atoms with van der Waals surface area (Å²) in [7, 11) is 6.73. The molecule has 6 rings (SSSR count). The van der Waals surface area contributed by atoms with Crippen molar-refractivity contribution in [2.45, 2.75) is 26.4 Å². The number of carbonyl (C=O) groups excluding carboxylic acids is 2. The number of pyridine rings is 3. The summed E-state index contributed by atoms with van der Waals surface area (Å²) in [6.07, 6.45) is 5.89. The molecule has 2 atom stereocenters. The largest absolute Gasteiger partial charge is 0.497 e. The minimum atomic E-state index is -0.353. The lowest BCUT2D eigenvalue weighted by Gasteiger charge is -2.26. The molecular formula is C37H38N6O4. The highest BCUT2D eigenvalue weighted by atomic mass is 16.5. The molecule has 0 bridgehead atoms. The molecule has 1 fully saturated rings. The lowest BCUT2D eigenvalue weighted by Crippen LogP contribution is -2.26. The van der Waals surface area contributed by atoms with Crippen LogP contribution in [-0.4, -0.2) is 60.0 Å². The van der Waals surface area contributed by atoms with Gasteiger partial charge in [0.05, 0.1) is 31.7 Å². The highest BCUT2D eigenvalue weighted by Crippen LogP contribution is 2.41. The van der Waals surface area contributed by atoms with Crippen molar-refractivity contribution in [2.75, 3.05) is 38.5 Å². The molecule has 5 aromatic rings. The van der Waals surface area contributed by atoms with Crippen LogP contribution in [0, 0.1) is 18.8 Å². The molecule has 0 radical (unpaired) electrons. The van der Waals surface area contributed by atoms with E-state index >= 15 is 0 Å². The summed E-state index contributed by atoms with van der Waals surface area (Å²) < 4.78 is 10.8. The maximum Gasteiger partial charge on any atom is 0.229 e. The zero-order valence-electron chi connectivity index (χ0n) is 27.2. The summed E-state index contributed by atoms with van der Waals surface area (Å²) in [5, 5.41) is 4.65. The first kappa shape index (κ1) is 31.5. The number of aromatic nitrogens is 3. The van der Waals surface area contributed by atoms with Gasteiger partial charge in [0.1, 0.15) is 23.1 Å². The second-order valence-corrected chi connectivity index (χ2v) is 12.0. The van der Waals surface area contributed by atoms with Crippen molar-refractivity contribution in [3.05, 3.63) is 102 Å². The summed E-state index contributed by atoms with van der Waals surface area (Å²) in [4.78, 5) is 43.5. The van der Waals surface area contributed by atoms with Gasteiger partial charge in [-0.15, -0.1) is 0 Å². The molecule has 2 amide bonds. The van der Waals surface area contributed by atoms with E-state index in [9.17, 15) is 9.59 Å². The van der Waals surface area contributed by atoms with Crippen LogP contribution in [0.3, 0.4) is 0 Å². The van der Waals surface area contributed by atoms with Gasteiger partial charge in [0.2, 0.25) is 11.8 Å². The molecule has 1 saturated carbocycles. The Balaban J connectivity index is 1.42. The van der Waals surface area contributed by atoms with Crippen LogP contribution < -0.4 is 19.7 Å². The number of fused-ring (bicyclic) bond motifs is 1. The van der Waals surface area contributed by atoms with E-state index in [4.69, 9.17) is 14.5 Å². The first-order chi connectivity index (χ1) is 22.7. The molecule has 1 aliphatic carbocycles. The number of rotatable bonds is 11. The number of hydrogen-bond acceptors (Lipinski definition) is 8. The molecule has 0 aliphatic heterocycles. The van der Waals surface area contributed by atoms with Crippen LogP contribution in [0.25, 0.3) is 22.0 Å². The number of amides is 2. The van der Waals surface area contributed by atoms with Crippen molar-refractivity contribution in [3.63, 3.8) is 0 Å². The summed E-state index contributed by atoms with van der Waals surface area (Å²) in [6.45, 7) is 3.17. The van der Waals surface area contributed by atoms with Gasteiger partial charge >= 0.3 is 0 Å². The molecule has 3 heterocycles. The van der Waals surface area contributed by atoms with Crippen LogP contribution in [0.15, 0.2) is 85.3 Å². The molecule has 0 spiro atoms. The fourth-order valence-corrected chi connectivity index (χ4v) is 5.73. The summed E-state index contributed by atoms with van der Waals surface area (Å²) in [5.41, 5.74) is 4.88. The van der Waals surface area contributed by atoms with E-state index in [1.807, 2.05) is 55.6 Å². The van der Waals surface area contributed by atoms with Gasteiger partial charge in [-0.05, 0) is 77.9 Å². The molecule has 3 aromatic heterocycles. The second-order valence-electron chi connectivity index (χ2n) is 12.0. The Labute approximate surface area is 274 Å². The maximum atomic E-state index is 13.1. The topological polar surface area (TPSA) is 110 Å². The minimum absolute atomic E-state index is 0.0300. The van der Waals surface area contributed by atoms with Crippen molar-refractivity contribution in [2.24, 2.45) is 11.8 Å².